The lowest BCUT2D eigenvalue weighted by Gasteiger charge is -2.46. The summed E-state index contributed by atoms with van der Waals surface area (Å²) in [6.45, 7) is 0.699. The minimum absolute atomic E-state index is 0.0153. The van der Waals surface area contributed by atoms with Gasteiger partial charge in [-0.1, -0.05) is 30.7 Å². The third kappa shape index (κ3) is 6.22. The first-order valence-corrected chi connectivity index (χ1v) is 17.3. The monoisotopic (exact) mass is 670 g/mol. The van der Waals surface area contributed by atoms with Crippen LogP contribution in [0.3, 0.4) is 0 Å². The molecule has 1 aromatic heterocycles. The Balaban J connectivity index is 1.52. The Morgan fingerprint density at radius 2 is 1.68 bits per heavy atom. The predicted octanol–water partition coefficient (Wildman–Crippen LogP) is 4.26. The van der Waals surface area contributed by atoms with Gasteiger partial charge in [-0.05, 0) is 61.7 Å². The second-order valence-corrected chi connectivity index (χ2v) is 15.4. The number of pyridine rings is 1. The third-order valence-corrected chi connectivity index (χ3v) is 12.7. The molecule has 2 heterocycles. The van der Waals surface area contributed by atoms with Crippen LogP contribution in [0.15, 0.2) is 87.7 Å². The minimum atomic E-state index is -4.90. The number of rotatable bonds is 9. The van der Waals surface area contributed by atoms with Gasteiger partial charge in [0.1, 0.15) is 4.90 Å². The third-order valence-electron chi connectivity index (χ3n) is 8.36. The Bertz CT molecular complexity index is 1690. The lowest BCUT2D eigenvalue weighted by atomic mass is 9.92. The van der Waals surface area contributed by atoms with E-state index >= 15 is 0 Å². The number of aliphatic hydroxyl groups is 1. The number of alkyl halides is 3. The normalized spacial score (nSPS) is 20.3. The first-order chi connectivity index (χ1) is 20.6. The van der Waals surface area contributed by atoms with Gasteiger partial charge >= 0.3 is 6.18 Å². The van der Waals surface area contributed by atoms with Crippen molar-refractivity contribution in [2.45, 2.75) is 64.7 Å². The van der Waals surface area contributed by atoms with E-state index in [2.05, 4.69) is 17.6 Å². The van der Waals surface area contributed by atoms with E-state index in [1.807, 2.05) is 4.90 Å². The Kier molecular flexibility index (Phi) is 9.10. The van der Waals surface area contributed by atoms with Gasteiger partial charge in [0.05, 0.1) is 10.9 Å². The molecule has 0 spiro atoms. The fraction of sp³-hybridized carbons (Fsp3) is 0.414. The smallest absolute Gasteiger partial charge is 0.376 e. The highest BCUT2D eigenvalue weighted by atomic mass is 32.2. The molecule has 0 bridgehead atoms. The van der Waals surface area contributed by atoms with E-state index in [9.17, 15) is 35.1 Å². The van der Waals surface area contributed by atoms with Gasteiger partial charge in [-0.2, -0.15) is 21.8 Å². The van der Waals surface area contributed by atoms with Crippen LogP contribution < -0.4 is 4.90 Å². The van der Waals surface area contributed by atoms with Crippen molar-refractivity contribution < 1.29 is 35.1 Å². The molecule has 1 N–H and O–H groups in total. The molecule has 1 saturated heterocycles. The summed E-state index contributed by atoms with van der Waals surface area (Å²) in [6, 6.07) is 13.5. The summed E-state index contributed by atoms with van der Waals surface area (Å²) in [7, 11) is -8.03. The highest BCUT2D eigenvalue weighted by molar-refractivity contribution is 7.90. The van der Waals surface area contributed by atoms with Crippen LogP contribution in [0.4, 0.5) is 18.9 Å². The molecule has 1 aliphatic heterocycles. The van der Waals surface area contributed by atoms with E-state index in [-0.39, 0.29) is 52.5 Å². The summed E-state index contributed by atoms with van der Waals surface area (Å²) in [5, 5.41) is 10.1. The number of hydrogen-bond acceptors (Lipinski definition) is 8. The molecule has 0 radical (unpaired) electrons. The summed E-state index contributed by atoms with van der Waals surface area (Å²) in [5.41, 5.74) is -2.96. The molecule has 2 aromatic carbocycles. The summed E-state index contributed by atoms with van der Waals surface area (Å²) in [5.74, 6) is 0. The molecule has 1 aliphatic carbocycles. The van der Waals surface area contributed by atoms with E-state index in [0.717, 1.165) is 6.42 Å². The zero-order valence-electron chi connectivity index (χ0n) is 23.8. The van der Waals surface area contributed by atoms with Crippen LogP contribution in [-0.4, -0.2) is 80.0 Å². The van der Waals surface area contributed by atoms with Crippen LogP contribution in [0.2, 0.25) is 0 Å². The van der Waals surface area contributed by atoms with Gasteiger partial charge in [-0.25, -0.2) is 16.8 Å². The van der Waals surface area contributed by atoms with Crippen LogP contribution in [0, 0.1) is 0 Å². The Morgan fingerprint density at radius 3 is 2.25 bits per heavy atom. The largest absolute Gasteiger partial charge is 0.421 e. The van der Waals surface area contributed by atoms with Crippen molar-refractivity contribution in [2.75, 3.05) is 31.1 Å². The van der Waals surface area contributed by atoms with Gasteiger partial charge in [0.2, 0.25) is 20.0 Å². The van der Waals surface area contributed by atoms with Crippen LogP contribution >= 0.6 is 12.6 Å². The molecule has 1 unspecified atom stereocenters. The van der Waals surface area contributed by atoms with Crippen molar-refractivity contribution in [1.82, 2.24) is 13.6 Å². The zero-order chi connectivity index (χ0) is 31.9. The Morgan fingerprint density at radius 1 is 1.00 bits per heavy atom. The van der Waals surface area contributed by atoms with E-state index in [4.69, 9.17) is 0 Å². The molecule has 0 amide bonds. The number of thiol groups is 1. The quantitative estimate of drug-likeness (QED) is 0.328. The molecule has 238 valence electrons. The fourth-order valence-electron chi connectivity index (χ4n) is 5.46. The van der Waals surface area contributed by atoms with Crippen molar-refractivity contribution in [3.05, 3.63) is 78.6 Å². The van der Waals surface area contributed by atoms with Crippen molar-refractivity contribution in [1.29, 1.82) is 0 Å². The summed E-state index contributed by atoms with van der Waals surface area (Å²) >= 11 is 4.33. The first-order valence-electron chi connectivity index (χ1n) is 14.0. The lowest BCUT2D eigenvalue weighted by molar-refractivity contribution is -0.258. The molecule has 5 rings (SSSR count). The van der Waals surface area contributed by atoms with Gasteiger partial charge in [0.15, 0.2) is 5.60 Å². The first kappa shape index (κ1) is 32.7. The van der Waals surface area contributed by atoms with E-state index in [0.29, 0.717) is 25.5 Å². The number of anilines is 1. The summed E-state index contributed by atoms with van der Waals surface area (Å²) in [6.07, 6.45) is -0.0319. The number of sulfonamides is 2. The maximum absolute atomic E-state index is 13.9. The standard InChI is InChI=1S/C29H33F3N4O5S3/c1-28(37,29(30,31)32)21-11-13-22(14-12-21)35-17-16-34(44(40,41)27-10-3-2-9-26(27)42)19-24(35)20-36(23-6-4-7-23)43(38,39)25-8-5-15-33-18-25/h2-3,5,8-15,18,23-24,37,42H,4,6-7,16-17,19-20H2,1H3/t24-,28?/m1/s1. The minimum Gasteiger partial charge on any atom is -0.376 e. The average Bonchev–Trinajstić information content (AvgIpc) is 2.96. The van der Waals surface area contributed by atoms with E-state index < -0.39 is 37.9 Å². The number of hydrogen-bond donors (Lipinski definition) is 2. The molecule has 2 atom stereocenters. The number of nitrogens with zero attached hydrogens (tertiary/aromatic N) is 4. The summed E-state index contributed by atoms with van der Waals surface area (Å²) < 4.78 is 98.3. The lowest BCUT2D eigenvalue weighted by Crippen LogP contribution is -2.60. The maximum Gasteiger partial charge on any atom is 0.421 e. The van der Waals surface area contributed by atoms with Gasteiger partial charge in [-0.3, -0.25) is 4.98 Å². The Hall–Kier alpha value is -2.69. The number of piperazine rings is 1. The number of aromatic nitrogens is 1. The van der Waals surface area contributed by atoms with Crippen molar-refractivity contribution in [3.63, 3.8) is 0 Å². The molecular formula is C29H33F3N4O5S3. The van der Waals surface area contributed by atoms with Crippen molar-refractivity contribution in [2.24, 2.45) is 0 Å². The van der Waals surface area contributed by atoms with Crippen LogP contribution in [0.5, 0.6) is 0 Å². The van der Waals surface area contributed by atoms with Gasteiger partial charge < -0.3 is 10.0 Å². The molecular weight excluding hydrogens is 638 g/mol. The fourth-order valence-corrected chi connectivity index (χ4v) is 9.20. The molecule has 1 saturated carbocycles. The molecule has 9 nitrogen and oxygen atoms in total. The number of halogens is 3. The highest BCUT2D eigenvalue weighted by Gasteiger charge is 2.51. The van der Waals surface area contributed by atoms with Crippen LogP contribution in [0.1, 0.15) is 31.7 Å². The maximum atomic E-state index is 13.9. The van der Waals surface area contributed by atoms with E-state index in [1.54, 1.807) is 18.2 Å². The molecule has 15 heteroatoms. The highest BCUT2D eigenvalue weighted by Crippen LogP contribution is 2.39. The van der Waals surface area contributed by atoms with Gasteiger partial charge in [-0.15, -0.1) is 12.6 Å². The second kappa shape index (κ2) is 12.2. The SMILES string of the molecule is CC(O)(c1ccc(N2CCN(S(=O)(=O)c3ccccc3S)C[C@@H]2CN(C2CCC2)S(=O)(=O)c2cccnc2)cc1)C(F)(F)F. The van der Waals surface area contributed by atoms with E-state index in [1.165, 1.54) is 63.5 Å². The van der Waals surface area contributed by atoms with Crippen molar-refractivity contribution >= 4 is 38.4 Å². The van der Waals surface area contributed by atoms with Gasteiger partial charge in [0.25, 0.3) is 0 Å². The topological polar surface area (TPSA) is 111 Å². The second-order valence-electron chi connectivity index (χ2n) is 11.1. The zero-order valence-corrected chi connectivity index (χ0v) is 26.3. The molecule has 2 fully saturated rings. The molecule has 3 aromatic rings. The number of benzene rings is 2. The molecule has 44 heavy (non-hydrogen) atoms. The molecule has 2 aliphatic rings. The van der Waals surface area contributed by atoms with Crippen LogP contribution in [-0.2, 0) is 25.6 Å². The average molecular weight is 671 g/mol. The van der Waals surface area contributed by atoms with Gasteiger partial charge in [0, 0.05) is 55.2 Å². The predicted molar refractivity (Wildman–Crippen MR) is 161 cm³/mol. The summed E-state index contributed by atoms with van der Waals surface area (Å²) in [4.78, 5) is 6.09. The van der Waals surface area contributed by atoms with Crippen LogP contribution in [0.25, 0.3) is 0 Å². The Labute approximate surface area is 260 Å². The van der Waals surface area contributed by atoms with Crippen molar-refractivity contribution in [3.8, 4) is 0 Å².